The van der Waals surface area contributed by atoms with Crippen LogP contribution in [0.1, 0.15) is 45.7 Å². The van der Waals surface area contributed by atoms with Crippen LogP contribution in [0.3, 0.4) is 0 Å². The summed E-state index contributed by atoms with van der Waals surface area (Å²) in [5, 5.41) is -0.373. The second-order valence-electron chi connectivity index (χ2n) is 6.40. The van der Waals surface area contributed by atoms with E-state index in [1.54, 1.807) is 13.8 Å². The van der Waals surface area contributed by atoms with E-state index in [9.17, 15) is 8.42 Å². The normalized spacial score (nSPS) is 20.7. The molecule has 1 aromatic rings. The molecule has 1 heterocycles. The van der Waals surface area contributed by atoms with E-state index in [2.05, 4.69) is 22.7 Å². The summed E-state index contributed by atoms with van der Waals surface area (Å²) < 4.78 is 26.4. The van der Waals surface area contributed by atoms with Gasteiger partial charge >= 0.3 is 0 Å². The molecule has 0 amide bonds. The zero-order chi connectivity index (χ0) is 16.2. The van der Waals surface area contributed by atoms with Gasteiger partial charge in [0.25, 0.3) is 0 Å². The van der Waals surface area contributed by atoms with Gasteiger partial charge in [-0.05, 0) is 62.7 Å². The number of nitrogens with zero attached hydrogens (tertiary/aromatic N) is 1. The molecule has 0 bridgehead atoms. The third kappa shape index (κ3) is 4.40. The lowest BCUT2D eigenvalue weighted by Crippen LogP contribution is -2.36. The fraction of sp³-hybridized carbons (Fsp3) is 0.588. The average molecular weight is 322 g/mol. The van der Waals surface area contributed by atoms with Gasteiger partial charge in [0.15, 0.2) is 0 Å². The lowest BCUT2D eigenvalue weighted by molar-refractivity contribution is 0.333. The molecule has 0 spiro atoms. The first-order chi connectivity index (χ1) is 10.4. The van der Waals surface area contributed by atoms with Gasteiger partial charge in [-0.15, -0.1) is 0 Å². The summed E-state index contributed by atoms with van der Waals surface area (Å²) >= 11 is 0. The molecule has 1 aliphatic carbocycles. The van der Waals surface area contributed by atoms with E-state index in [1.807, 2.05) is 24.4 Å². The van der Waals surface area contributed by atoms with Gasteiger partial charge in [0.1, 0.15) is 0 Å². The molecule has 0 saturated heterocycles. The van der Waals surface area contributed by atoms with Crippen molar-refractivity contribution in [1.29, 1.82) is 0 Å². The van der Waals surface area contributed by atoms with Crippen LogP contribution >= 0.6 is 0 Å². The Kier molecular flexibility index (Phi) is 5.75. The van der Waals surface area contributed by atoms with Crippen LogP contribution in [-0.4, -0.2) is 25.2 Å². The number of pyridine rings is 1. The number of aromatic nitrogens is 1. The third-order valence-electron chi connectivity index (χ3n) is 4.48. The van der Waals surface area contributed by atoms with Gasteiger partial charge in [0.05, 0.1) is 10.9 Å². The highest BCUT2D eigenvalue weighted by Gasteiger charge is 2.23. The molecule has 0 aromatic carbocycles. The van der Waals surface area contributed by atoms with Crippen LogP contribution in [0.5, 0.6) is 0 Å². The number of hydrogen-bond donors (Lipinski definition) is 1. The SMILES string of the molecule is CC(CNS(=O)(=O)C(C)C)C1CC=C(c2ccccn2)CC1. The quantitative estimate of drug-likeness (QED) is 0.875. The molecule has 2 atom stereocenters. The minimum atomic E-state index is -3.16. The Morgan fingerprint density at radius 2 is 2.09 bits per heavy atom. The summed E-state index contributed by atoms with van der Waals surface area (Å²) in [4.78, 5) is 4.40. The number of sulfonamides is 1. The Labute approximate surface area is 134 Å². The number of rotatable bonds is 6. The summed E-state index contributed by atoms with van der Waals surface area (Å²) in [6.07, 6.45) is 7.20. The molecule has 1 N–H and O–H groups in total. The van der Waals surface area contributed by atoms with Crippen molar-refractivity contribution in [2.24, 2.45) is 11.8 Å². The molecular weight excluding hydrogens is 296 g/mol. The monoisotopic (exact) mass is 322 g/mol. The van der Waals surface area contributed by atoms with Crippen molar-refractivity contribution in [3.63, 3.8) is 0 Å². The number of allylic oxidation sites excluding steroid dienone is 2. The van der Waals surface area contributed by atoms with Crippen molar-refractivity contribution in [2.45, 2.75) is 45.3 Å². The predicted molar refractivity (Wildman–Crippen MR) is 90.8 cm³/mol. The molecule has 122 valence electrons. The Hall–Kier alpha value is -1.20. The van der Waals surface area contributed by atoms with Crippen LogP contribution in [0, 0.1) is 11.8 Å². The van der Waals surface area contributed by atoms with Crippen molar-refractivity contribution >= 4 is 15.6 Å². The Bertz CT molecular complexity index is 609. The molecule has 22 heavy (non-hydrogen) atoms. The first-order valence-corrected chi connectivity index (χ1v) is 9.53. The second kappa shape index (κ2) is 7.38. The molecule has 0 fully saturated rings. The zero-order valence-electron chi connectivity index (χ0n) is 13.6. The van der Waals surface area contributed by atoms with E-state index in [4.69, 9.17) is 0 Å². The van der Waals surface area contributed by atoms with Crippen LogP contribution in [-0.2, 0) is 10.0 Å². The predicted octanol–water partition coefficient (Wildman–Crippen LogP) is 3.23. The highest BCUT2D eigenvalue weighted by molar-refractivity contribution is 7.90. The largest absolute Gasteiger partial charge is 0.257 e. The van der Waals surface area contributed by atoms with Gasteiger partial charge in [-0.3, -0.25) is 4.98 Å². The highest BCUT2D eigenvalue weighted by atomic mass is 32.2. The van der Waals surface area contributed by atoms with Crippen LogP contribution in [0.25, 0.3) is 5.57 Å². The molecule has 2 rings (SSSR count). The van der Waals surface area contributed by atoms with Gasteiger partial charge in [-0.25, -0.2) is 13.1 Å². The standard InChI is InChI=1S/C17H26N2O2S/c1-13(2)22(20,21)19-12-14(3)15-7-9-16(10-8-15)17-6-4-5-11-18-17/h4-6,9,11,13-15,19H,7-8,10,12H2,1-3H3. The first kappa shape index (κ1) is 17.2. The van der Waals surface area contributed by atoms with E-state index in [0.717, 1.165) is 25.0 Å². The minimum Gasteiger partial charge on any atom is -0.257 e. The van der Waals surface area contributed by atoms with Crippen LogP contribution in [0.4, 0.5) is 0 Å². The van der Waals surface area contributed by atoms with E-state index >= 15 is 0 Å². The van der Waals surface area contributed by atoms with Crippen molar-refractivity contribution in [1.82, 2.24) is 9.71 Å². The number of hydrogen-bond acceptors (Lipinski definition) is 3. The van der Waals surface area contributed by atoms with E-state index in [-0.39, 0.29) is 5.25 Å². The van der Waals surface area contributed by atoms with Gasteiger partial charge in [0, 0.05) is 12.7 Å². The highest BCUT2D eigenvalue weighted by Crippen LogP contribution is 2.33. The topological polar surface area (TPSA) is 59.1 Å². The Morgan fingerprint density at radius 3 is 2.64 bits per heavy atom. The van der Waals surface area contributed by atoms with E-state index in [0.29, 0.717) is 18.4 Å². The fourth-order valence-electron chi connectivity index (χ4n) is 2.74. The van der Waals surface area contributed by atoms with E-state index < -0.39 is 10.0 Å². The molecule has 1 aliphatic rings. The Balaban J connectivity index is 1.90. The summed E-state index contributed by atoms with van der Waals surface area (Å²) in [7, 11) is -3.16. The van der Waals surface area contributed by atoms with Crippen molar-refractivity contribution < 1.29 is 8.42 Å². The third-order valence-corrected chi connectivity index (χ3v) is 6.29. The van der Waals surface area contributed by atoms with Gasteiger partial charge in [-0.2, -0.15) is 0 Å². The van der Waals surface area contributed by atoms with Crippen molar-refractivity contribution in [2.75, 3.05) is 6.54 Å². The lowest BCUT2D eigenvalue weighted by atomic mass is 9.81. The molecule has 1 aromatic heterocycles. The molecule has 4 nitrogen and oxygen atoms in total. The average Bonchev–Trinajstić information content (AvgIpc) is 2.53. The Morgan fingerprint density at radius 1 is 1.32 bits per heavy atom. The van der Waals surface area contributed by atoms with E-state index in [1.165, 1.54) is 5.57 Å². The first-order valence-electron chi connectivity index (χ1n) is 7.99. The molecule has 2 unspecified atom stereocenters. The van der Waals surface area contributed by atoms with Crippen LogP contribution in [0.15, 0.2) is 30.5 Å². The van der Waals surface area contributed by atoms with Crippen molar-refractivity contribution in [3.8, 4) is 0 Å². The summed E-state index contributed by atoms with van der Waals surface area (Å²) in [6, 6.07) is 5.99. The summed E-state index contributed by atoms with van der Waals surface area (Å²) in [5.74, 6) is 0.873. The van der Waals surface area contributed by atoms with Gasteiger partial charge in [-0.1, -0.05) is 19.1 Å². The van der Waals surface area contributed by atoms with Gasteiger partial charge < -0.3 is 0 Å². The summed E-state index contributed by atoms with van der Waals surface area (Å²) in [5.41, 5.74) is 2.38. The number of nitrogens with one attached hydrogen (secondary N) is 1. The minimum absolute atomic E-state index is 0.343. The van der Waals surface area contributed by atoms with Crippen molar-refractivity contribution in [3.05, 3.63) is 36.2 Å². The second-order valence-corrected chi connectivity index (χ2v) is 8.72. The smallest absolute Gasteiger partial charge is 0.213 e. The maximum atomic E-state index is 11.8. The molecule has 0 radical (unpaired) electrons. The maximum absolute atomic E-state index is 11.8. The van der Waals surface area contributed by atoms with Crippen LogP contribution in [0.2, 0.25) is 0 Å². The van der Waals surface area contributed by atoms with Crippen LogP contribution < -0.4 is 4.72 Å². The maximum Gasteiger partial charge on any atom is 0.213 e. The summed E-state index contributed by atoms with van der Waals surface area (Å²) in [6.45, 7) is 6.07. The molecule has 0 aliphatic heterocycles. The molecule has 0 saturated carbocycles. The molecule has 5 heteroatoms. The lowest BCUT2D eigenvalue weighted by Gasteiger charge is -2.27. The zero-order valence-corrected chi connectivity index (χ0v) is 14.4. The fourth-order valence-corrected chi connectivity index (χ4v) is 3.57. The molecular formula is C17H26N2O2S. The van der Waals surface area contributed by atoms with Gasteiger partial charge in [0.2, 0.25) is 10.0 Å².